The van der Waals surface area contributed by atoms with E-state index in [1.807, 2.05) is 23.1 Å². The Bertz CT molecular complexity index is 1350. The van der Waals surface area contributed by atoms with Gasteiger partial charge in [-0.15, -0.1) is 0 Å². The van der Waals surface area contributed by atoms with Gasteiger partial charge in [-0.05, 0) is 87.8 Å². The molecule has 0 unspecified atom stereocenters. The Hall–Kier alpha value is -3.10. The summed E-state index contributed by atoms with van der Waals surface area (Å²) in [5, 5.41) is 4.29. The number of hydrogen-bond donors (Lipinski definition) is 0. The summed E-state index contributed by atoms with van der Waals surface area (Å²) in [6.07, 6.45) is 11.8. The number of fused-ring (bicyclic) bond motifs is 3. The standard InChI is InChI=1S/C31H36F2N4O3/c32-25(33)24-18-39-27(34-24)22-7-4-8-23(17-22)37(28(38)21-5-2-1-3-6-21)19-30-11-14-31(15-12-30,16-13-30)29-35-26(36-40-29)20-9-10-20/h4,7-8,17-18,20-21,25H,1-3,5-6,9-16,19H2. The first-order valence-corrected chi connectivity index (χ1v) is 14.9. The lowest BCUT2D eigenvalue weighted by Crippen LogP contribution is -2.51. The van der Waals surface area contributed by atoms with Crippen LogP contribution in [-0.2, 0) is 10.2 Å². The van der Waals surface area contributed by atoms with E-state index in [1.54, 1.807) is 6.07 Å². The van der Waals surface area contributed by atoms with Crippen molar-refractivity contribution < 1.29 is 22.5 Å². The van der Waals surface area contributed by atoms with Crippen LogP contribution in [0.15, 0.2) is 39.5 Å². The molecule has 8 rings (SSSR count). The predicted octanol–water partition coefficient (Wildman–Crippen LogP) is 7.75. The van der Waals surface area contributed by atoms with E-state index in [-0.39, 0.29) is 34.2 Å². The van der Waals surface area contributed by atoms with Crippen molar-refractivity contribution in [3.8, 4) is 11.5 Å². The van der Waals surface area contributed by atoms with Gasteiger partial charge in [0.2, 0.25) is 17.7 Å². The quantitative estimate of drug-likeness (QED) is 0.285. The lowest BCUT2D eigenvalue weighted by atomic mass is 9.53. The zero-order valence-corrected chi connectivity index (χ0v) is 22.8. The third-order valence-corrected chi connectivity index (χ3v) is 10.1. The number of nitrogens with zero attached hydrogens (tertiary/aromatic N) is 4. The van der Waals surface area contributed by atoms with Crippen molar-refractivity contribution in [3.63, 3.8) is 0 Å². The zero-order chi connectivity index (χ0) is 27.3. The van der Waals surface area contributed by atoms with E-state index in [0.29, 0.717) is 18.0 Å². The lowest BCUT2D eigenvalue weighted by Gasteiger charge is -2.53. The Balaban J connectivity index is 1.14. The van der Waals surface area contributed by atoms with Gasteiger partial charge in [0.15, 0.2) is 5.82 Å². The Morgan fingerprint density at radius 2 is 1.75 bits per heavy atom. The average Bonchev–Trinajstić information content (AvgIpc) is 3.50. The van der Waals surface area contributed by atoms with Crippen LogP contribution in [0.2, 0.25) is 0 Å². The minimum atomic E-state index is -2.69. The number of halogens is 2. The molecular weight excluding hydrogens is 514 g/mol. The van der Waals surface area contributed by atoms with Gasteiger partial charge in [-0.2, -0.15) is 4.98 Å². The van der Waals surface area contributed by atoms with Gasteiger partial charge in [-0.25, -0.2) is 13.8 Å². The highest BCUT2D eigenvalue weighted by atomic mass is 19.3. The van der Waals surface area contributed by atoms with Crippen LogP contribution < -0.4 is 4.90 Å². The van der Waals surface area contributed by atoms with E-state index in [4.69, 9.17) is 13.9 Å². The van der Waals surface area contributed by atoms with E-state index in [0.717, 1.165) is 101 Å². The Morgan fingerprint density at radius 3 is 2.42 bits per heavy atom. The minimum absolute atomic E-state index is 0.0199. The van der Waals surface area contributed by atoms with Crippen molar-refractivity contribution in [1.82, 2.24) is 15.1 Å². The van der Waals surface area contributed by atoms with Crippen LogP contribution in [0.1, 0.15) is 113 Å². The molecule has 5 aliphatic rings. The van der Waals surface area contributed by atoms with E-state index in [1.165, 1.54) is 6.42 Å². The lowest BCUT2D eigenvalue weighted by molar-refractivity contribution is -0.124. The summed E-state index contributed by atoms with van der Waals surface area (Å²) in [5.41, 5.74) is 0.999. The summed E-state index contributed by atoms with van der Waals surface area (Å²) >= 11 is 0. The van der Waals surface area contributed by atoms with Crippen molar-refractivity contribution in [2.45, 2.75) is 101 Å². The first kappa shape index (κ1) is 25.8. The molecule has 2 aromatic heterocycles. The Kier molecular flexibility index (Phi) is 6.50. The van der Waals surface area contributed by atoms with E-state index in [2.05, 4.69) is 10.1 Å². The normalized spacial score (nSPS) is 26.9. The number of hydrogen-bond acceptors (Lipinski definition) is 6. The summed E-state index contributed by atoms with van der Waals surface area (Å²) in [6, 6.07) is 7.47. The number of aromatic nitrogens is 3. The molecule has 0 atom stereocenters. The van der Waals surface area contributed by atoms with Gasteiger partial charge in [0, 0.05) is 35.0 Å². The maximum atomic E-state index is 14.1. The molecule has 3 aromatic rings. The summed E-state index contributed by atoms with van der Waals surface area (Å²) in [7, 11) is 0. The molecule has 7 nitrogen and oxygen atoms in total. The Labute approximate surface area is 232 Å². The van der Waals surface area contributed by atoms with Gasteiger partial charge < -0.3 is 13.8 Å². The molecule has 5 fully saturated rings. The molecule has 212 valence electrons. The molecule has 2 heterocycles. The van der Waals surface area contributed by atoms with Crippen LogP contribution in [0.4, 0.5) is 14.5 Å². The summed E-state index contributed by atoms with van der Waals surface area (Å²) in [5.74, 6) is 2.52. The molecule has 0 radical (unpaired) electrons. The van der Waals surface area contributed by atoms with Crippen molar-refractivity contribution in [3.05, 3.63) is 47.9 Å². The van der Waals surface area contributed by atoms with Gasteiger partial charge in [0.1, 0.15) is 12.0 Å². The maximum absolute atomic E-state index is 14.1. The van der Waals surface area contributed by atoms with Crippen molar-refractivity contribution >= 4 is 11.6 Å². The number of carbonyl (C=O) groups is 1. The van der Waals surface area contributed by atoms with Gasteiger partial charge in [0.25, 0.3) is 6.43 Å². The molecule has 0 saturated heterocycles. The first-order valence-electron chi connectivity index (χ1n) is 14.9. The second kappa shape index (κ2) is 10.1. The number of oxazole rings is 1. The number of anilines is 1. The highest BCUT2D eigenvalue weighted by Gasteiger charge is 2.53. The first-order chi connectivity index (χ1) is 19.4. The largest absolute Gasteiger partial charge is 0.444 e. The highest BCUT2D eigenvalue weighted by Crippen LogP contribution is 2.58. The fraction of sp³-hybridized carbons (Fsp3) is 0.613. The fourth-order valence-electron chi connectivity index (χ4n) is 7.31. The number of alkyl halides is 2. The number of benzene rings is 1. The molecule has 5 saturated carbocycles. The molecule has 9 heteroatoms. The average molecular weight is 551 g/mol. The summed E-state index contributed by atoms with van der Waals surface area (Å²) < 4.78 is 37.5. The fourth-order valence-corrected chi connectivity index (χ4v) is 7.31. The summed E-state index contributed by atoms with van der Waals surface area (Å²) in [6.45, 7) is 0.660. The van der Waals surface area contributed by atoms with E-state index in [9.17, 15) is 13.6 Å². The number of carbonyl (C=O) groups excluding carboxylic acids is 1. The van der Waals surface area contributed by atoms with Gasteiger partial charge in [-0.1, -0.05) is 30.5 Å². The molecular formula is C31H36F2N4O3. The molecule has 2 bridgehead atoms. The van der Waals surface area contributed by atoms with Crippen LogP contribution in [0.5, 0.6) is 0 Å². The van der Waals surface area contributed by atoms with Crippen LogP contribution in [0.25, 0.3) is 11.5 Å². The third-order valence-electron chi connectivity index (χ3n) is 10.1. The van der Waals surface area contributed by atoms with Crippen LogP contribution >= 0.6 is 0 Å². The molecule has 5 aliphatic carbocycles. The molecule has 0 aliphatic heterocycles. The minimum Gasteiger partial charge on any atom is -0.444 e. The SMILES string of the molecule is O=C(C1CCCCC1)N(CC12CCC(c3nc(C4CC4)no3)(CC1)CC2)c1cccc(-c2nc(C(F)F)co2)c1. The Morgan fingerprint density at radius 1 is 1.00 bits per heavy atom. The molecule has 1 aromatic carbocycles. The molecule has 0 spiro atoms. The van der Waals surface area contributed by atoms with Crippen molar-refractivity contribution in [2.24, 2.45) is 11.3 Å². The van der Waals surface area contributed by atoms with Gasteiger partial charge >= 0.3 is 0 Å². The van der Waals surface area contributed by atoms with Gasteiger partial charge in [0.05, 0.1) is 0 Å². The molecule has 40 heavy (non-hydrogen) atoms. The van der Waals surface area contributed by atoms with Crippen LogP contribution in [0, 0.1) is 11.3 Å². The molecule has 0 N–H and O–H groups in total. The van der Waals surface area contributed by atoms with E-state index >= 15 is 0 Å². The topological polar surface area (TPSA) is 85.3 Å². The van der Waals surface area contributed by atoms with Crippen LogP contribution in [-0.4, -0.2) is 27.6 Å². The number of amides is 1. The van der Waals surface area contributed by atoms with Gasteiger partial charge in [-0.3, -0.25) is 4.79 Å². The second-order valence-corrected chi connectivity index (χ2v) is 12.7. The highest BCUT2D eigenvalue weighted by molar-refractivity contribution is 5.95. The van der Waals surface area contributed by atoms with E-state index < -0.39 is 6.43 Å². The smallest absolute Gasteiger partial charge is 0.283 e. The van der Waals surface area contributed by atoms with Crippen molar-refractivity contribution in [1.29, 1.82) is 0 Å². The summed E-state index contributed by atoms with van der Waals surface area (Å²) in [4.78, 5) is 24.9. The van der Waals surface area contributed by atoms with Crippen molar-refractivity contribution in [2.75, 3.05) is 11.4 Å². The predicted molar refractivity (Wildman–Crippen MR) is 144 cm³/mol. The maximum Gasteiger partial charge on any atom is 0.283 e. The molecule has 1 amide bonds. The zero-order valence-electron chi connectivity index (χ0n) is 22.8. The second-order valence-electron chi connectivity index (χ2n) is 12.7. The number of rotatable bonds is 8. The third kappa shape index (κ3) is 4.75. The monoisotopic (exact) mass is 550 g/mol. The van der Waals surface area contributed by atoms with Crippen LogP contribution in [0.3, 0.4) is 0 Å².